The molecule has 3 aromatic heterocycles. The van der Waals surface area contributed by atoms with Gasteiger partial charge in [0.2, 0.25) is 5.69 Å². The number of para-hydroxylation sites is 2. The predicted octanol–water partition coefficient (Wildman–Crippen LogP) is 13.2. The lowest BCUT2D eigenvalue weighted by molar-refractivity contribution is -0.719. The topological polar surface area (TPSA) is 25.8 Å². The van der Waals surface area contributed by atoms with E-state index in [0.29, 0.717) is 0 Å². The largest absolute Gasteiger partial charge is 0.455 e. The molecule has 306 valence electrons. The molecule has 0 saturated heterocycles. The van der Waals surface area contributed by atoms with E-state index < -0.39 is 8.07 Å². The molecule has 2 aliphatic rings. The third kappa shape index (κ3) is 6.05. The lowest BCUT2D eigenvalue weighted by Crippen LogP contribution is -2.53. The van der Waals surface area contributed by atoms with Gasteiger partial charge in [-0.05, 0) is 94.6 Å². The van der Waals surface area contributed by atoms with Crippen LogP contribution in [0.15, 0.2) is 157 Å². The van der Waals surface area contributed by atoms with E-state index >= 15 is 0 Å². The number of pyridine rings is 1. The first-order valence-electron chi connectivity index (χ1n) is 22.1. The minimum atomic E-state index is -1.64. The van der Waals surface area contributed by atoms with Gasteiger partial charge < -0.3 is 4.42 Å². The molecule has 11 rings (SSSR count). The van der Waals surface area contributed by atoms with Crippen LogP contribution in [0.5, 0.6) is 0 Å². The first kappa shape index (κ1) is 38.5. The smallest absolute Gasteiger partial charge is 0.304 e. The van der Waals surface area contributed by atoms with Crippen LogP contribution in [-0.2, 0) is 11.8 Å². The van der Waals surface area contributed by atoms with E-state index in [1.54, 1.807) is 0 Å². The fourth-order valence-corrected chi connectivity index (χ4v) is 11.6. The zero-order valence-corrected chi connectivity index (χ0v) is 37.5. The Labute approximate surface area is 364 Å². The summed E-state index contributed by atoms with van der Waals surface area (Å²) in [5.41, 5.74) is 15.6. The Morgan fingerprint density at radius 1 is 0.774 bits per heavy atom. The van der Waals surface area contributed by atoms with Gasteiger partial charge >= 0.3 is 5.82 Å². The molecule has 0 saturated carbocycles. The van der Waals surface area contributed by atoms with Crippen molar-refractivity contribution in [1.82, 2.24) is 4.57 Å². The number of aryl methyl sites for hydroxylation is 1. The van der Waals surface area contributed by atoms with Crippen molar-refractivity contribution in [2.24, 2.45) is 0 Å². The highest BCUT2D eigenvalue weighted by molar-refractivity contribution is 6.88. The van der Waals surface area contributed by atoms with Gasteiger partial charge in [-0.2, -0.15) is 13.7 Å². The first-order chi connectivity index (χ1) is 29.8. The van der Waals surface area contributed by atoms with E-state index in [2.05, 4.69) is 170 Å². The zero-order valence-electron chi connectivity index (χ0n) is 36.5. The molecular weight excluding hydrogens is 778 g/mol. The average Bonchev–Trinajstić information content (AvgIpc) is 3.82. The summed E-state index contributed by atoms with van der Waals surface area (Å²) in [6, 6.07) is 49.5. The molecule has 0 aliphatic carbocycles. The number of hydrogen-bond donors (Lipinski definition) is 0. The molecule has 0 fully saturated rings. The fraction of sp³-hybridized carbons (Fsp3) is 0.214. The highest BCUT2D eigenvalue weighted by Gasteiger charge is 2.44. The third-order valence-corrected chi connectivity index (χ3v) is 15.7. The van der Waals surface area contributed by atoms with Crippen molar-refractivity contribution in [3.63, 3.8) is 0 Å². The average molecular weight is 830 g/mol. The highest BCUT2D eigenvalue weighted by Crippen LogP contribution is 2.47. The number of aromatic nitrogens is 3. The van der Waals surface area contributed by atoms with Gasteiger partial charge in [0.15, 0.2) is 28.9 Å². The van der Waals surface area contributed by atoms with Gasteiger partial charge in [0.05, 0.1) is 14.5 Å². The standard InChI is InChI=1S/C56H52FN3OSi/c1-35-33-50-45(43-13-8-9-14-44(43)47-32-29-41(34-58(47)50)62(5,6)7)30-21-37-22-31-46-53-42(36-19-25-39(57)26-20-36)15-12-18-51(53)61-54(46)52(37)55-59(35)48-16-10-11-17-49(48)60(55)40-27-23-38(24-28-40)56(2,3)4/h8-20,22-29,31-32,34,45,50H,1,21,30,33H2,2-7H3/q+2. The van der Waals surface area contributed by atoms with Crippen LogP contribution < -0.4 is 14.3 Å². The van der Waals surface area contributed by atoms with Crippen LogP contribution in [0.25, 0.3) is 78.1 Å². The molecule has 62 heavy (non-hydrogen) atoms. The van der Waals surface area contributed by atoms with Crippen molar-refractivity contribution in [3.05, 3.63) is 175 Å². The van der Waals surface area contributed by atoms with Crippen molar-refractivity contribution < 1.29 is 17.9 Å². The second-order valence-electron chi connectivity index (χ2n) is 19.6. The van der Waals surface area contributed by atoms with Crippen molar-refractivity contribution in [1.29, 1.82) is 0 Å². The number of benzene rings is 6. The molecule has 0 spiro atoms. The lowest BCUT2D eigenvalue weighted by Gasteiger charge is -2.32. The van der Waals surface area contributed by atoms with Gasteiger partial charge in [-0.3, -0.25) is 0 Å². The van der Waals surface area contributed by atoms with Crippen LogP contribution in [-0.4, -0.2) is 12.6 Å². The zero-order chi connectivity index (χ0) is 42.7. The van der Waals surface area contributed by atoms with E-state index in [4.69, 9.17) is 11.0 Å². The number of imidazole rings is 1. The molecule has 0 bridgehead atoms. The predicted molar refractivity (Wildman–Crippen MR) is 255 cm³/mol. The summed E-state index contributed by atoms with van der Waals surface area (Å²) in [4.78, 5) is 0. The number of furan rings is 1. The molecule has 0 radical (unpaired) electrons. The number of hydrogen-bond acceptors (Lipinski definition) is 1. The molecule has 0 N–H and O–H groups in total. The number of allylic oxidation sites excluding steroid dienone is 1. The lowest BCUT2D eigenvalue weighted by atomic mass is 9.77. The molecule has 0 amide bonds. The summed E-state index contributed by atoms with van der Waals surface area (Å²) in [5, 5.41) is 3.53. The number of nitrogens with zero attached hydrogens (tertiary/aromatic N) is 3. The second-order valence-corrected chi connectivity index (χ2v) is 24.7. The maximum atomic E-state index is 14.2. The van der Waals surface area contributed by atoms with Gasteiger partial charge in [0, 0.05) is 33.5 Å². The van der Waals surface area contributed by atoms with Crippen LogP contribution in [0.3, 0.4) is 0 Å². The Hall–Kier alpha value is -6.37. The van der Waals surface area contributed by atoms with Crippen LogP contribution >= 0.6 is 0 Å². The van der Waals surface area contributed by atoms with E-state index in [0.717, 1.165) is 86.1 Å². The Morgan fingerprint density at radius 3 is 2.29 bits per heavy atom. The second kappa shape index (κ2) is 14.1. The van der Waals surface area contributed by atoms with Crippen molar-refractivity contribution in [2.45, 2.75) is 77.0 Å². The summed E-state index contributed by atoms with van der Waals surface area (Å²) in [7, 11) is -1.64. The maximum absolute atomic E-state index is 14.2. The van der Waals surface area contributed by atoms with E-state index in [1.807, 2.05) is 18.2 Å². The fourth-order valence-electron chi connectivity index (χ4n) is 10.5. The molecule has 6 aromatic carbocycles. The summed E-state index contributed by atoms with van der Waals surface area (Å²) in [5.74, 6) is 1.04. The van der Waals surface area contributed by atoms with Crippen LogP contribution in [0.1, 0.15) is 62.3 Å². The van der Waals surface area contributed by atoms with E-state index in [9.17, 15) is 4.39 Å². The first-order valence-corrected chi connectivity index (χ1v) is 25.6. The van der Waals surface area contributed by atoms with Crippen LogP contribution in [0, 0.1) is 5.82 Å². The van der Waals surface area contributed by atoms with E-state index in [-0.39, 0.29) is 23.2 Å². The third-order valence-electron chi connectivity index (χ3n) is 13.7. The molecular formula is C56H52FN3OSi+2. The molecule has 5 heterocycles. The van der Waals surface area contributed by atoms with Gasteiger partial charge in [-0.1, -0.05) is 132 Å². The minimum absolute atomic E-state index is 0.0129. The Balaban J connectivity index is 1.23. The molecule has 4 nitrogen and oxygen atoms in total. The highest BCUT2D eigenvalue weighted by atomic mass is 28.3. The number of rotatable bonds is 3. The molecule has 9 aromatic rings. The number of fused-ring (bicyclic) bond motifs is 15. The van der Waals surface area contributed by atoms with Crippen LogP contribution in [0.2, 0.25) is 19.6 Å². The Bertz CT molecular complexity index is 3270. The van der Waals surface area contributed by atoms with Crippen molar-refractivity contribution >= 4 is 51.9 Å². The van der Waals surface area contributed by atoms with Gasteiger partial charge in [0.25, 0.3) is 0 Å². The van der Waals surface area contributed by atoms with Crippen molar-refractivity contribution in [3.8, 4) is 39.5 Å². The maximum Gasteiger partial charge on any atom is 0.304 e. The van der Waals surface area contributed by atoms with Crippen molar-refractivity contribution in [2.75, 3.05) is 0 Å². The van der Waals surface area contributed by atoms with Gasteiger partial charge in [0.1, 0.15) is 28.3 Å². The Kier molecular flexibility index (Phi) is 8.75. The normalized spacial score (nSPS) is 16.5. The number of halogens is 1. The minimum Gasteiger partial charge on any atom is -0.455 e. The molecule has 6 heteroatoms. The summed E-state index contributed by atoms with van der Waals surface area (Å²) in [6.07, 6.45) is 5.06. The summed E-state index contributed by atoms with van der Waals surface area (Å²) < 4.78 is 28.9. The monoisotopic (exact) mass is 829 g/mol. The van der Waals surface area contributed by atoms with Gasteiger partial charge in [-0.25, -0.2) is 4.39 Å². The quantitative estimate of drug-likeness (QED) is 0.129. The molecule has 2 unspecified atom stereocenters. The summed E-state index contributed by atoms with van der Waals surface area (Å²) >= 11 is 0. The van der Waals surface area contributed by atoms with E-state index in [1.165, 1.54) is 45.3 Å². The Morgan fingerprint density at radius 2 is 1.52 bits per heavy atom. The van der Waals surface area contributed by atoms with Crippen LogP contribution in [0.4, 0.5) is 4.39 Å². The molecule has 2 atom stereocenters. The summed E-state index contributed by atoms with van der Waals surface area (Å²) in [6.45, 7) is 19.2. The molecule has 2 aliphatic heterocycles. The SMILES string of the molecule is C=C1CC2C(CCc3ccc4c(oc5cccc(-c6ccc(F)cc6)c54)c3-c3n(-c4ccc(C(C)(C)C)cc4)c4ccccc4[n+]31)c1ccccc1-c1ccc([Si](C)(C)C)c[n+]12. The van der Waals surface area contributed by atoms with Gasteiger partial charge in [-0.15, -0.1) is 0 Å².